The van der Waals surface area contributed by atoms with Crippen LogP contribution in [0.2, 0.25) is 0 Å². The summed E-state index contributed by atoms with van der Waals surface area (Å²) in [7, 11) is 7.25. The van der Waals surface area contributed by atoms with Gasteiger partial charge in [-0.1, -0.05) is 0 Å². The van der Waals surface area contributed by atoms with Crippen molar-refractivity contribution in [3.8, 4) is 0 Å². The van der Waals surface area contributed by atoms with Crippen LogP contribution in [0.3, 0.4) is 0 Å². The van der Waals surface area contributed by atoms with Crippen molar-refractivity contribution >= 4 is 17.6 Å². The molecule has 0 radical (unpaired) electrons. The lowest BCUT2D eigenvalue weighted by molar-refractivity contribution is -0.00359. The van der Waals surface area contributed by atoms with Crippen molar-refractivity contribution in [2.45, 2.75) is 132 Å². The zero-order chi connectivity index (χ0) is 28.0. The highest BCUT2D eigenvalue weighted by atomic mass is 15.4. The molecule has 0 amide bonds. The molecule has 12 aliphatic carbocycles. The van der Waals surface area contributed by atoms with E-state index in [0.29, 0.717) is 11.1 Å². The summed E-state index contributed by atoms with van der Waals surface area (Å²) in [5.41, 5.74) is 0.912. The zero-order valence-electron chi connectivity index (χ0n) is 26.7. The maximum atomic E-state index is 5.59. The van der Waals surface area contributed by atoms with E-state index in [1.807, 2.05) is 0 Å². The molecule has 0 saturated heterocycles. The topological polar surface area (TPSA) is 35.5 Å². The van der Waals surface area contributed by atoms with Gasteiger partial charge >= 0.3 is 0 Å². The highest BCUT2D eigenvalue weighted by Gasteiger charge is 2.56. The molecule has 12 aliphatic rings. The van der Waals surface area contributed by atoms with Crippen LogP contribution in [0.1, 0.15) is 116 Å². The number of hydrogen-bond donors (Lipinski definition) is 0. The van der Waals surface area contributed by atoms with E-state index in [1.54, 1.807) is 0 Å². The van der Waals surface area contributed by atoms with Gasteiger partial charge in [-0.05, 0) is 169 Å². The molecular formula is C37H55N5. The van der Waals surface area contributed by atoms with Crippen LogP contribution in [-0.2, 0) is 0 Å². The Bertz CT molecular complexity index is 998. The van der Waals surface area contributed by atoms with Crippen LogP contribution in [0.25, 0.3) is 0 Å². The maximum Gasteiger partial charge on any atom is 0.229 e. The van der Waals surface area contributed by atoms with E-state index in [0.717, 1.165) is 59.2 Å². The predicted octanol–water partition coefficient (Wildman–Crippen LogP) is 7.69. The van der Waals surface area contributed by atoms with E-state index in [1.165, 1.54) is 127 Å². The van der Waals surface area contributed by atoms with Crippen LogP contribution in [0, 0.1) is 53.3 Å². The normalized spacial score (nSPS) is 50.5. The Kier molecular flexibility index (Phi) is 5.27. The van der Waals surface area contributed by atoms with Crippen molar-refractivity contribution in [3.05, 3.63) is 6.07 Å². The third kappa shape index (κ3) is 3.66. The molecule has 1 aromatic rings. The minimum absolute atomic E-state index is 0.281. The Morgan fingerprint density at radius 1 is 0.429 bits per heavy atom. The van der Waals surface area contributed by atoms with E-state index in [-0.39, 0.29) is 5.54 Å². The van der Waals surface area contributed by atoms with Crippen LogP contribution < -0.4 is 14.7 Å². The molecule has 0 N–H and O–H groups in total. The van der Waals surface area contributed by atoms with E-state index < -0.39 is 0 Å². The Labute approximate surface area is 254 Å². The second-order valence-electron chi connectivity index (χ2n) is 18.5. The molecule has 0 aliphatic heterocycles. The smallest absolute Gasteiger partial charge is 0.229 e. The lowest BCUT2D eigenvalue weighted by Crippen LogP contribution is -2.61. The van der Waals surface area contributed by atoms with Gasteiger partial charge in [-0.15, -0.1) is 0 Å². The highest BCUT2D eigenvalue weighted by Crippen LogP contribution is 2.61. The van der Waals surface area contributed by atoms with Gasteiger partial charge in [0.25, 0.3) is 0 Å². The van der Waals surface area contributed by atoms with Crippen LogP contribution in [-0.4, -0.2) is 47.7 Å². The first kappa shape index (κ1) is 25.8. The summed E-state index contributed by atoms with van der Waals surface area (Å²) < 4.78 is 0. The van der Waals surface area contributed by atoms with Gasteiger partial charge in [0.2, 0.25) is 5.95 Å². The largest absolute Gasteiger partial charge is 0.354 e. The van der Waals surface area contributed by atoms with Gasteiger partial charge in [0.05, 0.1) is 0 Å². The fraction of sp³-hybridized carbons (Fsp3) is 0.892. The van der Waals surface area contributed by atoms with Crippen molar-refractivity contribution in [2.24, 2.45) is 53.3 Å². The molecule has 1 aromatic heterocycles. The van der Waals surface area contributed by atoms with Crippen LogP contribution in [0.15, 0.2) is 6.07 Å². The third-order valence-corrected chi connectivity index (χ3v) is 15.8. The molecule has 0 spiro atoms. The Hall–Kier alpha value is -1.52. The number of nitrogens with zero attached hydrogens (tertiary/aromatic N) is 5. The Balaban J connectivity index is 1.05. The summed E-state index contributed by atoms with van der Waals surface area (Å²) in [6.07, 6.45) is 25.9. The van der Waals surface area contributed by atoms with Gasteiger partial charge in [-0.2, -0.15) is 9.97 Å². The minimum atomic E-state index is 0.281. The SMILES string of the molecule is CN(c1cc(N(C)C23CC4CC(CC(C4)C2)C3)nc(N(C)C23CC4CC(CC(C4)C2)C3)n1)C12CC3CC(CC(C3)C1)C2. The number of anilines is 3. The van der Waals surface area contributed by atoms with Crippen molar-refractivity contribution < 1.29 is 0 Å². The lowest BCUT2D eigenvalue weighted by Gasteiger charge is -2.61. The Morgan fingerprint density at radius 2 is 0.667 bits per heavy atom. The summed E-state index contributed by atoms with van der Waals surface area (Å²) in [5, 5.41) is 0. The molecule has 12 bridgehead atoms. The van der Waals surface area contributed by atoms with Gasteiger partial charge in [-0.25, -0.2) is 0 Å². The van der Waals surface area contributed by atoms with Crippen LogP contribution in [0.4, 0.5) is 17.6 Å². The van der Waals surface area contributed by atoms with E-state index in [9.17, 15) is 0 Å². The summed E-state index contributed by atoms with van der Waals surface area (Å²) in [6, 6.07) is 2.45. The van der Waals surface area contributed by atoms with Gasteiger partial charge in [0.1, 0.15) is 11.6 Å². The molecule has 1 heterocycles. The summed E-state index contributed by atoms with van der Waals surface area (Å²) in [5.74, 6) is 12.0. The molecule has 12 saturated carbocycles. The van der Waals surface area contributed by atoms with E-state index in [2.05, 4.69) is 41.9 Å². The first-order valence-electron chi connectivity index (χ1n) is 18.4. The fourth-order valence-electron chi connectivity index (χ4n) is 15.0. The van der Waals surface area contributed by atoms with Crippen molar-refractivity contribution in [1.82, 2.24) is 9.97 Å². The van der Waals surface area contributed by atoms with Crippen molar-refractivity contribution in [3.63, 3.8) is 0 Å². The Morgan fingerprint density at radius 3 is 0.929 bits per heavy atom. The van der Waals surface area contributed by atoms with Crippen LogP contribution in [0.5, 0.6) is 0 Å². The van der Waals surface area contributed by atoms with E-state index >= 15 is 0 Å². The predicted molar refractivity (Wildman–Crippen MR) is 170 cm³/mol. The average Bonchev–Trinajstić information content (AvgIpc) is 2.93. The highest BCUT2D eigenvalue weighted by molar-refractivity contribution is 5.58. The number of aromatic nitrogens is 2. The first-order valence-corrected chi connectivity index (χ1v) is 18.4. The first-order chi connectivity index (χ1) is 20.3. The number of hydrogen-bond acceptors (Lipinski definition) is 5. The maximum absolute atomic E-state index is 5.59. The van der Waals surface area contributed by atoms with Gasteiger partial charge in [0, 0.05) is 43.8 Å². The average molecular weight is 570 g/mol. The molecule has 5 nitrogen and oxygen atoms in total. The molecule has 5 heteroatoms. The zero-order valence-corrected chi connectivity index (χ0v) is 26.7. The monoisotopic (exact) mass is 569 g/mol. The minimum Gasteiger partial charge on any atom is -0.354 e. The molecule has 0 atom stereocenters. The molecule has 13 rings (SSSR count). The molecule has 12 fully saturated rings. The van der Waals surface area contributed by atoms with Gasteiger partial charge < -0.3 is 14.7 Å². The molecule has 42 heavy (non-hydrogen) atoms. The molecular weight excluding hydrogens is 514 g/mol. The summed E-state index contributed by atoms with van der Waals surface area (Å²) >= 11 is 0. The quantitative estimate of drug-likeness (QED) is 0.351. The van der Waals surface area contributed by atoms with Crippen molar-refractivity contribution in [2.75, 3.05) is 35.8 Å². The second kappa shape index (κ2) is 8.59. The lowest BCUT2D eigenvalue weighted by atomic mass is 9.52. The standard InChI is InChI=1S/C37H55N5/c1-40(35-14-23-4-24(15-35)6-25(5-23)16-35)32-13-33(41(2)36-17-26-7-27(18-36)9-28(8-26)19-36)39-34(38-32)42(3)37-20-29-10-30(21-37)12-31(11-29)22-37/h13,23-31H,4-12,14-22H2,1-3H3. The fourth-order valence-corrected chi connectivity index (χ4v) is 15.0. The number of rotatable bonds is 6. The van der Waals surface area contributed by atoms with Gasteiger partial charge in [0.15, 0.2) is 0 Å². The molecule has 0 aromatic carbocycles. The third-order valence-electron chi connectivity index (χ3n) is 15.8. The van der Waals surface area contributed by atoms with Crippen LogP contribution >= 0.6 is 0 Å². The van der Waals surface area contributed by atoms with Crippen molar-refractivity contribution in [1.29, 1.82) is 0 Å². The molecule has 228 valence electrons. The second-order valence-corrected chi connectivity index (χ2v) is 18.5. The van der Waals surface area contributed by atoms with Gasteiger partial charge in [-0.3, -0.25) is 0 Å². The van der Waals surface area contributed by atoms with E-state index in [4.69, 9.17) is 9.97 Å². The summed E-state index contributed by atoms with van der Waals surface area (Å²) in [4.78, 5) is 19.3. The summed E-state index contributed by atoms with van der Waals surface area (Å²) in [6.45, 7) is 0. The molecule has 0 unspecified atom stereocenters.